The van der Waals surface area contributed by atoms with E-state index >= 15 is 0 Å². The first-order valence-electron chi connectivity index (χ1n) is 14.8. The van der Waals surface area contributed by atoms with Crippen molar-refractivity contribution in [1.82, 2.24) is 10.2 Å². The Morgan fingerprint density at radius 2 is 1.84 bits per heavy atom. The van der Waals surface area contributed by atoms with Crippen molar-refractivity contribution < 1.29 is 14.3 Å². The van der Waals surface area contributed by atoms with Crippen LogP contribution < -0.4 is 10.1 Å². The van der Waals surface area contributed by atoms with Gasteiger partial charge in [0.15, 0.2) is 0 Å². The minimum atomic E-state index is -0.284. The van der Waals surface area contributed by atoms with Crippen LogP contribution in [0.4, 0.5) is 0 Å². The summed E-state index contributed by atoms with van der Waals surface area (Å²) in [6.07, 6.45) is 11.9. The normalized spacial score (nSPS) is 25.4. The lowest BCUT2D eigenvalue weighted by atomic mass is 9.58. The fourth-order valence-corrected chi connectivity index (χ4v) is 6.94. The van der Waals surface area contributed by atoms with Gasteiger partial charge in [-0.05, 0) is 99.4 Å². The van der Waals surface area contributed by atoms with E-state index in [1.165, 1.54) is 37.4 Å². The molecule has 2 saturated carbocycles. The molecule has 204 valence electrons. The van der Waals surface area contributed by atoms with Crippen molar-refractivity contribution in [3.63, 3.8) is 0 Å². The Morgan fingerprint density at radius 3 is 2.63 bits per heavy atom. The number of likely N-dealkylation sites (tertiary alicyclic amines) is 1. The summed E-state index contributed by atoms with van der Waals surface area (Å²) in [6.45, 7) is 4.94. The number of nitrogens with one attached hydrogen (secondary N) is 1. The molecular formula is C33H44N2O3. The highest BCUT2D eigenvalue weighted by Crippen LogP contribution is 2.50. The predicted octanol–water partition coefficient (Wildman–Crippen LogP) is 6.05. The van der Waals surface area contributed by atoms with E-state index in [9.17, 15) is 9.59 Å². The number of rotatable bonds is 11. The second-order valence-corrected chi connectivity index (χ2v) is 12.0. The fraction of sp³-hybridized carbons (Fsp3) is 0.576. The maximum Gasteiger partial charge on any atom is 0.308 e. The number of nitrogens with zero attached hydrogens (tertiary/aromatic N) is 1. The lowest BCUT2D eigenvalue weighted by Crippen LogP contribution is -2.56. The van der Waals surface area contributed by atoms with Gasteiger partial charge in [-0.1, -0.05) is 48.9 Å². The van der Waals surface area contributed by atoms with Gasteiger partial charge in [0.2, 0.25) is 5.91 Å². The first-order chi connectivity index (χ1) is 18.5. The van der Waals surface area contributed by atoms with E-state index in [2.05, 4.69) is 52.7 Å². The highest BCUT2D eigenvalue weighted by Gasteiger charge is 2.48. The Kier molecular flexibility index (Phi) is 8.83. The van der Waals surface area contributed by atoms with Gasteiger partial charge in [-0.25, -0.2) is 0 Å². The SMILES string of the molecule is CC(=O)Oc1cccc([C@@]23CCN(CC4CC4)C[C@H]2CC[C@H](NC(=O)CCCCCc2ccccc2)C3)c1. The van der Waals surface area contributed by atoms with Gasteiger partial charge in [0.05, 0.1) is 0 Å². The lowest BCUT2D eigenvalue weighted by Gasteiger charge is -2.53. The molecule has 3 atom stereocenters. The van der Waals surface area contributed by atoms with Gasteiger partial charge in [0, 0.05) is 37.9 Å². The van der Waals surface area contributed by atoms with E-state index in [0.717, 1.165) is 70.4 Å². The molecule has 1 heterocycles. The molecule has 0 spiro atoms. The van der Waals surface area contributed by atoms with Crippen LogP contribution in [0.5, 0.6) is 5.75 Å². The van der Waals surface area contributed by atoms with Crippen LogP contribution in [0, 0.1) is 11.8 Å². The Morgan fingerprint density at radius 1 is 1.00 bits per heavy atom. The van der Waals surface area contributed by atoms with Gasteiger partial charge in [0.25, 0.3) is 0 Å². The molecule has 3 fully saturated rings. The molecule has 5 rings (SSSR count). The van der Waals surface area contributed by atoms with E-state index in [1.54, 1.807) is 0 Å². The molecule has 2 aromatic rings. The summed E-state index contributed by atoms with van der Waals surface area (Å²) in [5.74, 6) is 2.01. The van der Waals surface area contributed by atoms with Crippen molar-refractivity contribution in [1.29, 1.82) is 0 Å². The van der Waals surface area contributed by atoms with Crippen LogP contribution in [0.2, 0.25) is 0 Å². The van der Waals surface area contributed by atoms with Crippen LogP contribution in [0.3, 0.4) is 0 Å². The number of unbranched alkanes of at least 4 members (excludes halogenated alkanes) is 2. The van der Waals surface area contributed by atoms with Crippen molar-refractivity contribution in [3.8, 4) is 5.75 Å². The molecule has 3 aliphatic rings. The number of fused-ring (bicyclic) bond motifs is 1. The second kappa shape index (κ2) is 12.5. The number of carbonyl (C=O) groups is 2. The van der Waals surface area contributed by atoms with E-state index in [4.69, 9.17) is 4.74 Å². The summed E-state index contributed by atoms with van der Waals surface area (Å²) in [5, 5.41) is 3.42. The smallest absolute Gasteiger partial charge is 0.308 e. The number of piperidine rings is 1. The monoisotopic (exact) mass is 516 g/mol. The number of aryl methyl sites for hydroxylation is 1. The summed E-state index contributed by atoms with van der Waals surface area (Å²) in [5.41, 5.74) is 2.66. The van der Waals surface area contributed by atoms with Crippen LogP contribution in [0.15, 0.2) is 54.6 Å². The molecule has 2 aromatic carbocycles. The standard InChI is InChI=1S/C33H44N2O3/c1-25(36)38-31-13-8-12-28(21-31)33-19-20-35(23-27-15-16-27)24-29(33)17-18-30(22-33)34-32(37)14-7-3-6-11-26-9-4-2-5-10-26/h2,4-5,8-10,12-13,21,27,29-30H,3,6-7,11,14-20,22-24H2,1H3,(H,34,37)/t29-,30+,33+/m1/s1. The quantitative estimate of drug-likeness (QED) is 0.224. The first kappa shape index (κ1) is 26.9. The molecular weight excluding hydrogens is 472 g/mol. The van der Waals surface area contributed by atoms with Gasteiger partial charge < -0.3 is 15.0 Å². The predicted molar refractivity (Wildman–Crippen MR) is 151 cm³/mol. The molecule has 0 radical (unpaired) electrons. The van der Waals surface area contributed by atoms with Gasteiger partial charge in [0.1, 0.15) is 5.75 Å². The van der Waals surface area contributed by atoms with Gasteiger partial charge in [-0.3, -0.25) is 9.59 Å². The summed E-state index contributed by atoms with van der Waals surface area (Å²) >= 11 is 0. The van der Waals surface area contributed by atoms with E-state index in [-0.39, 0.29) is 23.3 Å². The molecule has 5 nitrogen and oxygen atoms in total. The Labute approximate surface area is 228 Å². The minimum absolute atomic E-state index is 0.0160. The van der Waals surface area contributed by atoms with Crippen LogP contribution in [0.1, 0.15) is 82.3 Å². The zero-order chi connectivity index (χ0) is 26.4. The molecule has 2 aliphatic carbocycles. The Balaban J connectivity index is 1.19. The van der Waals surface area contributed by atoms with Crippen molar-refractivity contribution in [2.45, 2.75) is 89.0 Å². The highest BCUT2D eigenvalue weighted by atomic mass is 16.5. The average Bonchev–Trinajstić information content (AvgIpc) is 3.73. The molecule has 38 heavy (non-hydrogen) atoms. The maximum absolute atomic E-state index is 12.9. The van der Waals surface area contributed by atoms with Gasteiger partial charge >= 0.3 is 5.97 Å². The summed E-state index contributed by atoms with van der Waals surface area (Å²) in [4.78, 5) is 27.2. The van der Waals surface area contributed by atoms with Crippen LogP contribution in [-0.4, -0.2) is 42.5 Å². The van der Waals surface area contributed by atoms with Crippen molar-refractivity contribution in [2.24, 2.45) is 11.8 Å². The third-order valence-corrected chi connectivity index (χ3v) is 9.07. The van der Waals surface area contributed by atoms with Gasteiger partial charge in [-0.15, -0.1) is 0 Å². The number of hydrogen-bond donors (Lipinski definition) is 1. The molecule has 0 bridgehead atoms. The second-order valence-electron chi connectivity index (χ2n) is 12.0. The molecule has 1 amide bonds. The summed E-state index contributed by atoms with van der Waals surface area (Å²) in [7, 11) is 0. The molecule has 0 aromatic heterocycles. The molecule has 1 N–H and O–H groups in total. The molecule has 0 unspecified atom stereocenters. The minimum Gasteiger partial charge on any atom is -0.427 e. The largest absolute Gasteiger partial charge is 0.427 e. The number of benzene rings is 2. The van der Waals surface area contributed by atoms with E-state index in [1.807, 2.05) is 12.1 Å². The van der Waals surface area contributed by atoms with Crippen molar-refractivity contribution >= 4 is 11.9 Å². The maximum atomic E-state index is 12.9. The number of ether oxygens (including phenoxy) is 1. The summed E-state index contributed by atoms with van der Waals surface area (Å²) < 4.78 is 5.47. The van der Waals surface area contributed by atoms with Gasteiger partial charge in [-0.2, -0.15) is 0 Å². The number of hydrogen-bond acceptors (Lipinski definition) is 4. The van der Waals surface area contributed by atoms with E-state index < -0.39 is 0 Å². The van der Waals surface area contributed by atoms with Crippen LogP contribution in [-0.2, 0) is 21.4 Å². The third-order valence-electron chi connectivity index (χ3n) is 9.07. The molecule has 5 heteroatoms. The van der Waals surface area contributed by atoms with Crippen LogP contribution >= 0.6 is 0 Å². The zero-order valence-electron chi connectivity index (χ0n) is 23.0. The fourth-order valence-electron chi connectivity index (χ4n) is 6.94. The van der Waals surface area contributed by atoms with Crippen molar-refractivity contribution in [3.05, 3.63) is 65.7 Å². The number of carbonyl (C=O) groups excluding carboxylic acids is 2. The number of amides is 1. The Hall–Kier alpha value is -2.66. The topological polar surface area (TPSA) is 58.6 Å². The summed E-state index contributed by atoms with van der Waals surface area (Å²) in [6, 6.07) is 19.0. The number of esters is 1. The van der Waals surface area contributed by atoms with E-state index in [0.29, 0.717) is 18.1 Å². The highest BCUT2D eigenvalue weighted by molar-refractivity contribution is 5.76. The van der Waals surface area contributed by atoms with Crippen LogP contribution in [0.25, 0.3) is 0 Å². The lowest BCUT2D eigenvalue weighted by molar-refractivity contribution is -0.132. The molecule has 1 aliphatic heterocycles. The Bertz CT molecular complexity index is 1080. The zero-order valence-corrected chi connectivity index (χ0v) is 23.0. The average molecular weight is 517 g/mol. The van der Waals surface area contributed by atoms with Crippen molar-refractivity contribution in [2.75, 3.05) is 19.6 Å². The third kappa shape index (κ3) is 7.05. The molecule has 1 saturated heterocycles. The first-order valence-corrected chi connectivity index (χ1v) is 14.8.